The van der Waals surface area contributed by atoms with Crippen LogP contribution in [0.2, 0.25) is 0 Å². The monoisotopic (exact) mass is 247 g/mol. The van der Waals surface area contributed by atoms with Gasteiger partial charge < -0.3 is 14.2 Å². The van der Waals surface area contributed by atoms with Crippen molar-refractivity contribution in [3.05, 3.63) is 24.4 Å². The predicted molar refractivity (Wildman–Crippen MR) is 74.1 cm³/mol. The van der Waals surface area contributed by atoms with Crippen LogP contribution in [0.1, 0.15) is 13.8 Å². The number of likely N-dealkylation sites (N-methyl/N-ethyl adjacent to an activating group) is 1. The quantitative estimate of drug-likeness (QED) is 0.831. The molecule has 0 aromatic carbocycles. The molecule has 2 aromatic rings. The zero-order valence-corrected chi connectivity index (χ0v) is 11.8. The molecular weight excluding hydrogens is 226 g/mol. The van der Waals surface area contributed by atoms with Gasteiger partial charge in [0.05, 0.1) is 18.1 Å². The predicted octanol–water partition coefficient (Wildman–Crippen LogP) is 2.39. The molecule has 0 atom stereocenters. The number of fused-ring (bicyclic) bond motifs is 1. The van der Waals surface area contributed by atoms with Crippen molar-refractivity contribution in [2.75, 3.05) is 21.2 Å². The lowest BCUT2D eigenvalue weighted by molar-refractivity contribution is 0.171. The van der Waals surface area contributed by atoms with Crippen molar-refractivity contribution >= 4 is 11.0 Å². The van der Waals surface area contributed by atoms with Gasteiger partial charge in [0.2, 0.25) is 5.88 Å². The van der Waals surface area contributed by atoms with E-state index in [-0.39, 0.29) is 5.54 Å². The number of hydrogen-bond acceptors (Lipinski definition) is 3. The van der Waals surface area contributed by atoms with E-state index in [1.807, 2.05) is 12.1 Å². The standard InChI is InChI=1S/C14H21N3O/c1-14(2,16(3)4)10-17-9-8-11-12(17)6-7-13(15-11)18-5/h6-9H,10H2,1-5H3. The van der Waals surface area contributed by atoms with Gasteiger partial charge in [-0.05, 0) is 40.1 Å². The van der Waals surface area contributed by atoms with E-state index in [4.69, 9.17) is 4.74 Å². The fourth-order valence-electron chi connectivity index (χ4n) is 1.87. The topological polar surface area (TPSA) is 30.3 Å². The smallest absolute Gasteiger partial charge is 0.213 e. The van der Waals surface area contributed by atoms with E-state index in [2.05, 4.69) is 54.7 Å². The molecule has 0 N–H and O–H groups in total. The van der Waals surface area contributed by atoms with Crippen molar-refractivity contribution in [2.45, 2.75) is 25.9 Å². The first kappa shape index (κ1) is 12.9. The lowest BCUT2D eigenvalue weighted by Gasteiger charge is -2.33. The largest absolute Gasteiger partial charge is 0.481 e. The highest BCUT2D eigenvalue weighted by Crippen LogP contribution is 2.21. The highest BCUT2D eigenvalue weighted by Gasteiger charge is 2.21. The van der Waals surface area contributed by atoms with Crippen LogP contribution in [-0.2, 0) is 6.54 Å². The van der Waals surface area contributed by atoms with Gasteiger partial charge in [0.1, 0.15) is 0 Å². The first-order valence-electron chi connectivity index (χ1n) is 6.11. The summed E-state index contributed by atoms with van der Waals surface area (Å²) in [6.45, 7) is 5.39. The van der Waals surface area contributed by atoms with E-state index in [1.165, 1.54) is 0 Å². The van der Waals surface area contributed by atoms with Crippen LogP contribution >= 0.6 is 0 Å². The lowest BCUT2D eigenvalue weighted by atomic mass is 10.0. The van der Waals surface area contributed by atoms with Crippen LogP contribution in [0.4, 0.5) is 0 Å². The number of rotatable bonds is 4. The molecule has 0 spiro atoms. The summed E-state index contributed by atoms with van der Waals surface area (Å²) in [7, 11) is 5.85. The molecule has 2 heterocycles. The zero-order chi connectivity index (χ0) is 13.3. The number of pyridine rings is 1. The Labute approximate surface area is 108 Å². The van der Waals surface area contributed by atoms with Gasteiger partial charge >= 0.3 is 0 Å². The number of ether oxygens (including phenoxy) is 1. The average Bonchev–Trinajstić information content (AvgIpc) is 2.71. The maximum atomic E-state index is 5.14. The van der Waals surface area contributed by atoms with E-state index in [1.54, 1.807) is 7.11 Å². The highest BCUT2D eigenvalue weighted by atomic mass is 16.5. The van der Waals surface area contributed by atoms with Crippen LogP contribution in [0, 0.1) is 0 Å². The fourth-order valence-corrected chi connectivity index (χ4v) is 1.87. The first-order chi connectivity index (χ1) is 8.44. The maximum Gasteiger partial charge on any atom is 0.213 e. The minimum atomic E-state index is 0.103. The van der Waals surface area contributed by atoms with Gasteiger partial charge in [-0.1, -0.05) is 0 Å². The first-order valence-corrected chi connectivity index (χ1v) is 6.11. The van der Waals surface area contributed by atoms with Crippen molar-refractivity contribution in [3.8, 4) is 5.88 Å². The number of nitrogens with zero attached hydrogens (tertiary/aromatic N) is 3. The second-order valence-electron chi connectivity index (χ2n) is 5.41. The van der Waals surface area contributed by atoms with E-state index in [0.29, 0.717) is 5.88 Å². The normalized spacial score (nSPS) is 12.3. The van der Waals surface area contributed by atoms with Crippen molar-refractivity contribution in [1.82, 2.24) is 14.5 Å². The molecule has 2 aromatic heterocycles. The van der Waals surface area contributed by atoms with E-state index >= 15 is 0 Å². The molecule has 0 saturated carbocycles. The fraction of sp³-hybridized carbons (Fsp3) is 0.500. The molecule has 0 saturated heterocycles. The second-order valence-corrected chi connectivity index (χ2v) is 5.41. The molecule has 18 heavy (non-hydrogen) atoms. The van der Waals surface area contributed by atoms with Crippen molar-refractivity contribution < 1.29 is 4.74 Å². The SMILES string of the molecule is COc1ccc2c(ccn2CC(C)(C)N(C)C)n1. The molecule has 2 rings (SSSR count). The Kier molecular flexibility index (Phi) is 3.30. The van der Waals surface area contributed by atoms with Crippen LogP contribution in [0.5, 0.6) is 5.88 Å². The van der Waals surface area contributed by atoms with Gasteiger partial charge in [0, 0.05) is 24.3 Å². The molecule has 4 heteroatoms. The van der Waals surface area contributed by atoms with Crippen molar-refractivity contribution in [1.29, 1.82) is 0 Å². The molecule has 4 nitrogen and oxygen atoms in total. The Hall–Kier alpha value is -1.55. The minimum absolute atomic E-state index is 0.103. The summed E-state index contributed by atoms with van der Waals surface area (Å²) in [5.41, 5.74) is 2.22. The summed E-state index contributed by atoms with van der Waals surface area (Å²) >= 11 is 0. The van der Waals surface area contributed by atoms with E-state index in [9.17, 15) is 0 Å². The van der Waals surface area contributed by atoms with Gasteiger partial charge in [-0.3, -0.25) is 0 Å². The molecule has 98 valence electrons. The molecule has 0 fully saturated rings. The van der Waals surface area contributed by atoms with Gasteiger partial charge in [-0.2, -0.15) is 0 Å². The molecule has 0 radical (unpaired) electrons. The van der Waals surface area contributed by atoms with Crippen LogP contribution in [0.25, 0.3) is 11.0 Å². The van der Waals surface area contributed by atoms with Crippen LogP contribution in [0.15, 0.2) is 24.4 Å². The number of methoxy groups -OCH3 is 1. The zero-order valence-electron chi connectivity index (χ0n) is 11.8. The second kappa shape index (κ2) is 4.61. The summed E-state index contributed by atoms with van der Waals surface area (Å²) in [4.78, 5) is 6.66. The molecule has 0 unspecified atom stereocenters. The summed E-state index contributed by atoms with van der Waals surface area (Å²) in [5.74, 6) is 0.659. The Morgan fingerprint density at radius 3 is 2.61 bits per heavy atom. The highest BCUT2D eigenvalue weighted by molar-refractivity contribution is 5.76. The third kappa shape index (κ3) is 2.34. The summed E-state index contributed by atoms with van der Waals surface area (Å²) in [5, 5.41) is 0. The van der Waals surface area contributed by atoms with Gasteiger partial charge in [0.25, 0.3) is 0 Å². The Morgan fingerprint density at radius 1 is 1.28 bits per heavy atom. The third-order valence-electron chi connectivity index (χ3n) is 3.58. The van der Waals surface area contributed by atoms with Gasteiger partial charge in [0.15, 0.2) is 0 Å². The van der Waals surface area contributed by atoms with Crippen LogP contribution < -0.4 is 4.74 Å². The van der Waals surface area contributed by atoms with E-state index in [0.717, 1.165) is 17.6 Å². The Bertz CT molecular complexity index is 543. The Balaban J connectivity index is 2.35. The van der Waals surface area contributed by atoms with E-state index < -0.39 is 0 Å². The Morgan fingerprint density at radius 2 is 2.00 bits per heavy atom. The molecule has 0 aliphatic heterocycles. The average molecular weight is 247 g/mol. The van der Waals surface area contributed by atoms with Crippen LogP contribution in [0.3, 0.4) is 0 Å². The molecular formula is C14H21N3O. The minimum Gasteiger partial charge on any atom is -0.481 e. The van der Waals surface area contributed by atoms with Crippen molar-refractivity contribution in [3.63, 3.8) is 0 Å². The summed E-state index contributed by atoms with van der Waals surface area (Å²) in [6, 6.07) is 6.00. The number of aromatic nitrogens is 2. The molecule has 0 bridgehead atoms. The van der Waals surface area contributed by atoms with Gasteiger partial charge in [-0.25, -0.2) is 4.98 Å². The number of hydrogen-bond donors (Lipinski definition) is 0. The summed E-state index contributed by atoms with van der Waals surface area (Å²) < 4.78 is 7.38. The maximum absolute atomic E-state index is 5.14. The molecule has 0 aliphatic rings. The molecule has 0 aliphatic carbocycles. The lowest BCUT2D eigenvalue weighted by Crippen LogP contribution is -2.41. The molecule has 0 amide bonds. The van der Waals surface area contributed by atoms with Crippen molar-refractivity contribution in [2.24, 2.45) is 0 Å². The van der Waals surface area contributed by atoms with Gasteiger partial charge in [-0.15, -0.1) is 0 Å². The van der Waals surface area contributed by atoms with Crippen LogP contribution in [-0.4, -0.2) is 41.2 Å². The third-order valence-corrected chi connectivity index (χ3v) is 3.58. The summed E-state index contributed by atoms with van der Waals surface area (Å²) in [6.07, 6.45) is 2.09.